The van der Waals surface area contributed by atoms with E-state index in [0.29, 0.717) is 5.56 Å². The van der Waals surface area contributed by atoms with Crippen molar-refractivity contribution in [1.29, 1.82) is 0 Å². The van der Waals surface area contributed by atoms with E-state index in [-0.39, 0.29) is 12.0 Å². The van der Waals surface area contributed by atoms with Gasteiger partial charge in [-0.05, 0) is 23.8 Å². The van der Waals surface area contributed by atoms with Gasteiger partial charge < -0.3 is 9.84 Å². The molecule has 0 aliphatic heterocycles. The number of carboxylic acid groups (broad SMARTS) is 1. The lowest BCUT2D eigenvalue weighted by Crippen LogP contribution is -2.09. The Morgan fingerprint density at radius 1 is 1.47 bits per heavy atom. The Morgan fingerprint density at radius 2 is 2.13 bits per heavy atom. The zero-order chi connectivity index (χ0) is 11.4. The van der Waals surface area contributed by atoms with Gasteiger partial charge in [0.05, 0.1) is 19.1 Å². The van der Waals surface area contributed by atoms with Gasteiger partial charge in [-0.25, -0.2) is 4.79 Å². The van der Waals surface area contributed by atoms with E-state index in [9.17, 15) is 9.59 Å². The smallest absolute Gasteiger partial charge is 0.338 e. The first kappa shape index (κ1) is 11.7. The number of benzene rings is 1. The molecule has 0 fully saturated rings. The lowest BCUT2D eigenvalue weighted by molar-refractivity contribution is -0.136. The zero-order valence-electron chi connectivity index (χ0n) is 7.99. The number of carbonyl (C=O) groups is 2. The summed E-state index contributed by atoms with van der Waals surface area (Å²) in [5.74, 6) is -1.52. The van der Waals surface area contributed by atoms with Gasteiger partial charge in [-0.15, -0.1) is 0 Å². The van der Waals surface area contributed by atoms with Crippen LogP contribution >= 0.6 is 15.9 Å². The predicted octanol–water partition coefficient (Wildman–Crippen LogP) is 1.86. The molecule has 0 saturated heterocycles. The Bertz CT molecular complexity index is 400. The molecule has 0 aromatic heterocycles. The van der Waals surface area contributed by atoms with Crippen LogP contribution in [0.1, 0.15) is 15.9 Å². The van der Waals surface area contributed by atoms with Gasteiger partial charge in [-0.1, -0.05) is 15.9 Å². The number of carbonyl (C=O) groups excluding carboxylic acids is 1. The fraction of sp³-hybridized carbons (Fsp3) is 0.200. The van der Waals surface area contributed by atoms with Gasteiger partial charge in [0, 0.05) is 4.47 Å². The van der Waals surface area contributed by atoms with Crippen molar-refractivity contribution in [1.82, 2.24) is 0 Å². The van der Waals surface area contributed by atoms with Crippen LogP contribution in [-0.2, 0) is 16.0 Å². The van der Waals surface area contributed by atoms with Crippen LogP contribution in [0.5, 0.6) is 0 Å². The summed E-state index contributed by atoms with van der Waals surface area (Å²) in [7, 11) is 1.26. The molecule has 0 aliphatic rings. The molecule has 0 aliphatic carbocycles. The van der Waals surface area contributed by atoms with Gasteiger partial charge in [0.2, 0.25) is 0 Å². The molecule has 0 spiro atoms. The topological polar surface area (TPSA) is 63.6 Å². The van der Waals surface area contributed by atoms with Crippen LogP contribution in [0.4, 0.5) is 0 Å². The number of hydrogen-bond acceptors (Lipinski definition) is 3. The highest BCUT2D eigenvalue weighted by atomic mass is 79.9. The van der Waals surface area contributed by atoms with E-state index in [1.54, 1.807) is 12.1 Å². The summed E-state index contributed by atoms with van der Waals surface area (Å²) in [6.45, 7) is 0. The van der Waals surface area contributed by atoms with E-state index in [2.05, 4.69) is 20.7 Å². The van der Waals surface area contributed by atoms with E-state index in [1.165, 1.54) is 13.2 Å². The molecular weight excluding hydrogens is 264 g/mol. The second-order valence-electron chi connectivity index (χ2n) is 2.86. The van der Waals surface area contributed by atoms with Crippen molar-refractivity contribution in [3.63, 3.8) is 0 Å². The Kier molecular flexibility index (Phi) is 3.85. The highest BCUT2D eigenvalue weighted by molar-refractivity contribution is 9.10. The van der Waals surface area contributed by atoms with E-state index < -0.39 is 11.9 Å². The third kappa shape index (κ3) is 3.06. The van der Waals surface area contributed by atoms with E-state index >= 15 is 0 Å². The number of ether oxygens (including phenoxy) is 1. The first-order chi connectivity index (χ1) is 7.04. The highest BCUT2D eigenvalue weighted by Gasteiger charge is 2.14. The van der Waals surface area contributed by atoms with Crippen molar-refractivity contribution in [3.8, 4) is 0 Å². The van der Waals surface area contributed by atoms with Crippen LogP contribution in [0.25, 0.3) is 0 Å². The second-order valence-corrected chi connectivity index (χ2v) is 3.78. The Hall–Kier alpha value is -1.36. The number of aliphatic carboxylic acids is 1. The van der Waals surface area contributed by atoms with Gasteiger partial charge in [0.25, 0.3) is 0 Å². The third-order valence-corrected chi connectivity index (χ3v) is 2.31. The molecule has 1 rings (SSSR count). The van der Waals surface area contributed by atoms with Crippen LogP contribution in [0.15, 0.2) is 22.7 Å². The molecule has 1 aromatic carbocycles. The minimum atomic E-state index is -0.988. The molecule has 0 bridgehead atoms. The minimum absolute atomic E-state index is 0.204. The lowest BCUT2D eigenvalue weighted by Gasteiger charge is -2.06. The summed E-state index contributed by atoms with van der Waals surface area (Å²) < 4.78 is 5.28. The second kappa shape index (κ2) is 4.93. The van der Waals surface area contributed by atoms with Gasteiger partial charge in [-0.2, -0.15) is 0 Å². The number of rotatable bonds is 3. The van der Waals surface area contributed by atoms with E-state index in [0.717, 1.165) is 4.47 Å². The van der Waals surface area contributed by atoms with Crippen molar-refractivity contribution in [3.05, 3.63) is 33.8 Å². The molecule has 1 N–H and O–H groups in total. The quantitative estimate of drug-likeness (QED) is 0.854. The fourth-order valence-electron chi connectivity index (χ4n) is 1.18. The van der Waals surface area contributed by atoms with Crippen LogP contribution < -0.4 is 0 Å². The zero-order valence-corrected chi connectivity index (χ0v) is 9.58. The number of esters is 1. The fourth-order valence-corrected chi connectivity index (χ4v) is 1.59. The summed E-state index contributed by atoms with van der Waals surface area (Å²) in [5, 5.41) is 8.67. The van der Waals surface area contributed by atoms with Crippen molar-refractivity contribution in [2.24, 2.45) is 0 Å². The van der Waals surface area contributed by atoms with Crippen LogP contribution in [0, 0.1) is 0 Å². The summed E-state index contributed by atoms with van der Waals surface area (Å²) >= 11 is 3.21. The monoisotopic (exact) mass is 272 g/mol. The molecule has 0 unspecified atom stereocenters. The minimum Gasteiger partial charge on any atom is -0.481 e. The first-order valence-electron chi connectivity index (χ1n) is 4.13. The number of methoxy groups -OCH3 is 1. The van der Waals surface area contributed by atoms with E-state index in [4.69, 9.17) is 5.11 Å². The average Bonchev–Trinajstić information content (AvgIpc) is 2.16. The van der Waals surface area contributed by atoms with Crippen molar-refractivity contribution < 1.29 is 19.4 Å². The lowest BCUT2D eigenvalue weighted by atomic mass is 10.1. The van der Waals surface area contributed by atoms with Gasteiger partial charge in [0.1, 0.15) is 0 Å². The number of carboxylic acids is 1. The molecule has 80 valence electrons. The van der Waals surface area contributed by atoms with E-state index in [1.807, 2.05) is 0 Å². The molecule has 0 atom stereocenters. The average molecular weight is 273 g/mol. The van der Waals surface area contributed by atoms with Crippen molar-refractivity contribution in [2.75, 3.05) is 7.11 Å². The molecule has 4 nitrogen and oxygen atoms in total. The van der Waals surface area contributed by atoms with Crippen LogP contribution in [0.3, 0.4) is 0 Å². The maximum atomic E-state index is 11.3. The summed E-state index contributed by atoms with van der Waals surface area (Å²) in [6, 6.07) is 4.80. The van der Waals surface area contributed by atoms with Crippen LogP contribution in [0.2, 0.25) is 0 Å². The standard InChI is InChI=1S/C10H9BrO4/c1-15-10(14)8-3-2-7(11)4-6(8)5-9(12)13/h2-4H,5H2,1H3,(H,12,13). The Balaban J connectivity index is 3.13. The Morgan fingerprint density at radius 3 is 2.67 bits per heavy atom. The Labute approximate surface area is 95.0 Å². The maximum Gasteiger partial charge on any atom is 0.338 e. The molecule has 15 heavy (non-hydrogen) atoms. The molecular formula is C10H9BrO4. The first-order valence-corrected chi connectivity index (χ1v) is 4.92. The molecule has 1 aromatic rings. The normalized spacial score (nSPS) is 9.73. The number of hydrogen-bond donors (Lipinski definition) is 1. The van der Waals surface area contributed by atoms with Crippen molar-refractivity contribution in [2.45, 2.75) is 6.42 Å². The maximum absolute atomic E-state index is 11.3. The van der Waals surface area contributed by atoms with Crippen molar-refractivity contribution >= 4 is 27.9 Å². The summed E-state index contributed by atoms with van der Waals surface area (Å²) in [6.07, 6.45) is -0.204. The molecule has 0 amide bonds. The summed E-state index contributed by atoms with van der Waals surface area (Å²) in [5.41, 5.74) is 0.715. The third-order valence-electron chi connectivity index (χ3n) is 1.81. The SMILES string of the molecule is COC(=O)c1ccc(Br)cc1CC(=O)O. The number of halogens is 1. The van der Waals surface area contributed by atoms with Crippen LogP contribution in [-0.4, -0.2) is 24.2 Å². The predicted molar refractivity (Wildman–Crippen MR) is 56.8 cm³/mol. The van der Waals surface area contributed by atoms with Gasteiger partial charge in [0.15, 0.2) is 0 Å². The van der Waals surface area contributed by atoms with Gasteiger partial charge >= 0.3 is 11.9 Å². The highest BCUT2D eigenvalue weighted by Crippen LogP contribution is 2.18. The van der Waals surface area contributed by atoms with Gasteiger partial charge in [-0.3, -0.25) is 4.79 Å². The molecule has 5 heteroatoms. The molecule has 0 radical (unpaired) electrons. The molecule has 0 heterocycles. The molecule has 0 saturated carbocycles. The largest absolute Gasteiger partial charge is 0.481 e. The summed E-state index contributed by atoms with van der Waals surface area (Å²) in [4.78, 5) is 21.9.